The predicted molar refractivity (Wildman–Crippen MR) is 75.9 cm³/mol. The molecule has 9 heteroatoms. The quantitative estimate of drug-likeness (QED) is 0.721. The molecule has 1 aromatic rings. The highest BCUT2D eigenvalue weighted by atomic mass is 32.2. The lowest BCUT2D eigenvalue weighted by Crippen LogP contribution is -2.57. The Labute approximate surface area is 127 Å². The lowest BCUT2D eigenvalue weighted by molar-refractivity contribution is -0.126. The van der Waals surface area contributed by atoms with Gasteiger partial charge in [0.05, 0.1) is 11.3 Å². The summed E-state index contributed by atoms with van der Waals surface area (Å²) in [5.74, 6) is -3.48. The molecule has 1 aromatic carbocycles. The average molecular weight is 333 g/mol. The normalized spacial score (nSPS) is 21.3. The fraction of sp³-hybridized carbons (Fsp3) is 0.462. The van der Waals surface area contributed by atoms with E-state index in [9.17, 15) is 22.0 Å². The predicted octanol–water partition coefficient (Wildman–Crippen LogP) is -0.0101. The van der Waals surface area contributed by atoms with Crippen LogP contribution in [0.2, 0.25) is 0 Å². The highest BCUT2D eigenvalue weighted by molar-refractivity contribution is 7.89. The summed E-state index contributed by atoms with van der Waals surface area (Å²) in [4.78, 5) is 11.8. The molecule has 1 aliphatic rings. The topological polar surface area (TPSA) is 101 Å². The summed E-state index contributed by atoms with van der Waals surface area (Å²) in [5.41, 5.74) is 0.511. The fourth-order valence-electron chi connectivity index (χ4n) is 2.21. The first-order valence-electron chi connectivity index (χ1n) is 6.68. The molecule has 1 saturated heterocycles. The van der Waals surface area contributed by atoms with Crippen molar-refractivity contribution in [2.45, 2.75) is 29.7 Å². The van der Waals surface area contributed by atoms with Crippen LogP contribution in [0.25, 0.3) is 0 Å². The highest BCUT2D eigenvalue weighted by Gasteiger charge is 2.42. The molecule has 6 nitrogen and oxygen atoms in total. The molecule has 0 aliphatic carbocycles. The number of piperidine rings is 1. The van der Waals surface area contributed by atoms with Crippen LogP contribution in [-0.4, -0.2) is 39.4 Å². The lowest BCUT2D eigenvalue weighted by atomic mass is 10.0. The van der Waals surface area contributed by atoms with E-state index >= 15 is 0 Å². The maximum Gasteiger partial charge on any atom is 0.270 e. The Hall–Kier alpha value is -1.58. The lowest BCUT2D eigenvalue weighted by Gasteiger charge is -2.32. The van der Waals surface area contributed by atoms with Crippen LogP contribution in [0, 0.1) is 0 Å². The maximum atomic E-state index is 13.6. The number of amides is 1. The summed E-state index contributed by atoms with van der Waals surface area (Å²) in [6, 6.07) is 4.16. The molecule has 1 amide bonds. The summed E-state index contributed by atoms with van der Waals surface area (Å²) in [5, 5.41) is 10.1. The van der Waals surface area contributed by atoms with Gasteiger partial charge in [-0.25, -0.2) is 22.3 Å². The molecule has 1 heterocycles. The van der Waals surface area contributed by atoms with Gasteiger partial charge in [0, 0.05) is 19.5 Å². The third-order valence-corrected chi connectivity index (χ3v) is 4.37. The largest absolute Gasteiger partial charge is 0.346 e. The van der Waals surface area contributed by atoms with Gasteiger partial charge in [0.2, 0.25) is 15.9 Å². The van der Waals surface area contributed by atoms with E-state index in [4.69, 9.17) is 5.14 Å². The second-order valence-electron chi connectivity index (χ2n) is 5.20. The van der Waals surface area contributed by atoms with Crippen molar-refractivity contribution < 1.29 is 22.0 Å². The van der Waals surface area contributed by atoms with Gasteiger partial charge in [-0.15, -0.1) is 0 Å². The van der Waals surface area contributed by atoms with Crippen LogP contribution in [0.15, 0.2) is 29.2 Å². The molecule has 0 bridgehead atoms. The number of nitrogens with one attached hydrogen (secondary N) is 2. The molecule has 22 heavy (non-hydrogen) atoms. The molecular weight excluding hydrogens is 316 g/mol. The number of rotatable bonds is 4. The van der Waals surface area contributed by atoms with Gasteiger partial charge in [0.1, 0.15) is 6.04 Å². The van der Waals surface area contributed by atoms with Crippen molar-refractivity contribution in [1.82, 2.24) is 10.6 Å². The molecule has 1 aliphatic heterocycles. The molecule has 1 unspecified atom stereocenters. The number of halogens is 2. The molecule has 2 rings (SSSR count). The van der Waals surface area contributed by atoms with Crippen LogP contribution in [0.3, 0.4) is 0 Å². The zero-order chi connectivity index (χ0) is 16.4. The van der Waals surface area contributed by atoms with Crippen molar-refractivity contribution in [3.05, 3.63) is 29.8 Å². The van der Waals surface area contributed by atoms with Crippen molar-refractivity contribution in [3.8, 4) is 0 Å². The Balaban J connectivity index is 1.97. The number of alkyl halides is 2. The number of sulfonamides is 1. The summed E-state index contributed by atoms with van der Waals surface area (Å²) < 4.78 is 49.5. The number of hydrogen-bond acceptors (Lipinski definition) is 4. The van der Waals surface area contributed by atoms with E-state index < -0.39 is 27.9 Å². The first-order chi connectivity index (χ1) is 10.2. The first-order valence-corrected chi connectivity index (χ1v) is 8.23. The SMILES string of the molecule is NS(=O)(=O)c1ccc(CC(=O)NC2CNCCC2(F)F)cc1. The third-order valence-electron chi connectivity index (χ3n) is 3.45. The molecule has 0 radical (unpaired) electrons. The number of carbonyl (C=O) groups excluding carboxylic acids is 1. The highest BCUT2D eigenvalue weighted by Crippen LogP contribution is 2.25. The molecule has 1 fully saturated rings. The zero-order valence-electron chi connectivity index (χ0n) is 11.7. The molecule has 122 valence electrons. The monoisotopic (exact) mass is 333 g/mol. The van der Waals surface area contributed by atoms with Gasteiger partial charge in [-0.1, -0.05) is 12.1 Å². The molecule has 0 spiro atoms. The fourth-order valence-corrected chi connectivity index (χ4v) is 2.72. The van der Waals surface area contributed by atoms with Gasteiger partial charge < -0.3 is 10.6 Å². The second kappa shape index (κ2) is 6.27. The third kappa shape index (κ3) is 4.21. The minimum absolute atomic E-state index is 0.0170. The molecule has 1 atom stereocenters. The Kier molecular flexibility index (Phi) is 4.78. The minimum atomic E-state index is -3.79. The van der Waals surface area contributed by atoms with Crippen molar-refractivity contribution in [2.24, 2.45) is 5.14 Å². The van der Waals surface area contributed by atoms with Crippen LogP contribution in [0.4, 0.5) is 8.78 Å². The van der Waals surface area contributed by atoms with E-state index in [1.807, 2.05) is 0 Å². The van der Waals surface area contributed by atoms with E-state index in [0.717, 1.165) is 0 Å². The van der Waals surface area contributed by atoms with Gasteiger partial charge in [0.15, 0.2) is 0 Å². The van der Waals surface area contributed by atoms with E-state index in [-0.39, 0.29) is 30.8 Å². The van der Waals surface area contributed by atoms with Gasteiger partial charge in [-0.2, -0.15) is 0 Å². The number of hydrogen-bond donors (Lipinski definition) is 3. The Morgan fingerprint density at radius 3 is 2.55 bits per heavy atom. The molecule has 0 saturated carbocycles. The smallest absolute Gasteiger partial charge is 0.270 e. The standard InChI is InChI=1S/C13H17F2N3O3S/c14-13(15)5-6-17-8-11(13)18-12(19)7-9-1-3-10(4-2-9)22(16,20)21/h1-4,11,17H,5-8H2,(H,18,19)(H2,16,20,21). The summed E-state index contributed by atoms with van der Waals surface area (Å²) in [7, 11) is -3.79. The van der Waals surface area contributed by atoms with Gasteiger partial charge in [-0.05, 0) is 17.7 Å². The summed E-state index contributed by atoms with van der Waals surface area (Å²) >= 11 is 0. The minimum Gasteiger partial charge on any atom is -0.346 e. The Morgan fingerprint density at radius 1 is 1.36 bits per heavy atom. The van der Waals surface area contributed by atoms with Gasteiger partial charge >= 0.3 is 0 Å². The van der Waals surface area contributed by atoms with Crippen LogP contribution >= 0.6 is 0 Å². The first kappa shape index (κ1) is 16.8. The second-order valence-corrected chi connectivity index (χ2v) is 6.76. The average Bonchev–Trinajstić information content (AvgIpc) is 2.40. The van der Waals surface area contributed by atoms with Gasteiger partial charge in [-0.3, -0.25) is 4.79 Å². The summed E-state index contributed by atoms with van der Waals surface area (Å²) in [6.07, 6.45) is -0.432. The molecule has 0 aromatic heterocycles. The van der Waals surface area contributed by atoms with E-state index in [1.54, 1.807) is 0 Å². The number of nitrogens with two attached hydrogens (primary N) is 1. The van der Waals surface area contributed by atoms with E-state index in [1.165, 1.54) is 24.3 Å². The summed E-state index contributed by atoms with van der Waals surface area (Å²) in [6.45, 7) is 0.234. The maximum absolute atomic E-state index is 13.6. The number of carbonyl (C=O) groups is 1. The van der Waals surface area contributed by atoms with Crippen molar-refractivity contribution >= 4 is 15.9 Å². The number of primary sulfonamides is 1. The van der Waals surface area contributed by atoms with Crippen LogP contribution < -0.4 is 15.8 Å². The van der Waals surface area contributed by atoms with Gasteiger partial charge in [0.25, 0.3) is 5.92 Å². The van der Waals surface area contributed by atoms with Crippen LogP contribution in [0.1, 0.15) is 12.0 Å². The Bertz CT molecular complexity index is 647. The molecular formula is C13H17F2N3O3S. The van der Waals surface area contributed by atoms with Crippen LogP contribution in [0.5, 0.6) is 0 Å². The zero-order valence-corrected chi connectivity index (χ0v) is 12.5. The van der Waals surface area contributed by atoms with E-state index in [0.29, 0.717) is 5.56 Å². The molecule has 4 N–H and O–H groups in total. The number of benzene rings is 1. The van der Waals surface area contributed by atoms with Crippen molar-refractivity contribution in [2.75, 3.05) is 13.1 Å². The van der Waals surface area contributed by atoms with Crippen molar-refractivity contribution in [1.29, 1.82) is 0 Å². The van der Waals surface area contributed by atoms with E-state index in [2.05, 4.69) is 10.6 Å². The van der Waals surface area contributed by atoms with Crippen LogP contribution in [-0.2, 0) is 21.2 Å². The Morgan fingerprint density at radius 2 is 2.00 bits per heavy atom. The van der Waals surface area contributed by atoms with Crippen molar-refractivity contribution in [3.63, 3.8) is 0 Å².